The smallest absolute Gasteiger partial charge is 0.0835 e. The van der Waals surface area contributed by atoms with Crippen LogP contribution in [0.5, 0.6) is 0 Å². The summed E-state index contributed by atoms with van der Waals surface area (Å²) in [6.45, 7) is 3.91. The summed E-state index contributed by atoms with van der Waals surface area (Å²) in [6, 6.07) is 12.9. The van der Waals surface area contributed by atoms with Crippen LogP contribution >= 0.6 is 0 Å². The Labute approximate surface area is 123 Å². The summed E-state index contributed by atoms with van der Waals surface area (Å²) < 4.78 is 0. The number of nitrogens with two attached hydrogens (primary N) is 1. The lowest BCUT2D eigenvalue weighted by Gasteiger charge is -2.26. The maximum Gasteiger partial charge on any atom is 0.0835 e. The first kappa shape index (κ1) is 16.7. The zero-order valence-electron chi connectivity index (χ0n) is 11.5. The number of rotatable bonds is 4. The molecular weight excluding hydrogens is 246 g/mol. The van der Waals surface area contributed by atoms with Crippen LogP contribution in [0.4, 0.5) is 0 Å². The van der Waals surface area contributed by atoms with Gasteiger partial charge in [-0.2, -0.15) is 5.26 Å². The molecular formula is C17H27N3. The first-order chi connectivity index (χ1) is 9.30. The van der Waals surface area contributed by atoms with Crippen LogP contribution in [0.2, 0.25) is 0 Å². The van der Waals surface area contributed by atoms with E-state index >= 15 is 0 Å². The molecule has 0 saturated carbocycles. The highest BCUT2D eigenvalue weighted by atomic mass is 15.1. The highest BCUT2D eigenvalue weighted by molar-refractivity contribution is 5.32. The van der Waals surface area contributed by atoms with Crippen molar-refractivity contribution in [2.75, 3.05) is 26.2 Å². The Morgan fingerprint density at radius 2 is 1.95 bits per heavy atom. The molecule has 1 aliphatic rings. The van der Waals surface area contributed by atoms with E-state index < -0.39 is 0 Å². The van der Waals surface area contributed by atoms with E-state index in [-0.39, 0.29) is 12.8 Å². The fraction of sp³-hybridized carbons (Fsp3) is 0.588. The number of likely N-dealkylation sites (tertiary alicyclic amines) is 1. The predicted octanol–water partition coefficient (Wildman–Crippen LogP) is 2.92. The quantitative estimate of drug-likeness (QED) is 0.917. The molecule has 0 aliphatic carbocycles. The van der Waals surface area contributed by atoms with Crippen molar-refractivity contribution in [1.29, 1.82) is 5.26 Å². The van der Waals surface area contributed by atoms with Crippen molar-refractivity contribution >= 4 is 0 Å². The average molecular weight is 273 g/mol. The molecule has 1 aromatic rings. The van der Waals surface area contributed by atoms with E-state index in [1.54, 1.807) is 0 Å². The molecule has 1 atom stereocenters. The number of hydrogen-bond donors (Lipinski definition) is 1. The van der Waals surface area contributed by atoms with Crippen LogP contribution in [-0.4, -0.2) is 31.1 Å². The maximum absolute atomic E-state index is 9.69. The molecule has 2 rings (SSSR count). The maximum atomic E-state index is 9.69. The SMILES string of the molecule is C.N#CC1(c2ccccc2)CCCN(CCCN)CC1. The molecule has 1 saturated heterocycles. The lowest BCUT2D eigenvalue weighted by molar-refractivity contribution is 0.279. The first-order valence-electron chi connectivity index (χ1n) is 7.20. The van der Waals surface area contributed by atoms with E-state index in [1.807, 2.05) is 18.2 Å². The minimum Gasteiger partial charge on any atom is -0.330 e. The van der Waals surface area contributed by atoms with E-state index in [0.29, 0.717) is 0 Å². The molecule has 3 nitrogen and oxygen atoms in total. The molecule has 20 heavy (non-hydrogen) atoms. The monoisotopic (exact) mass is 273 g/mol. The Balaban J connectivity index is 0.00000200. The van der Waals surface area contributed by atoms with Gasteiger partial charge in [-0.05, 0) is 57.4 Å². The minimum atomic E-state index is -0.293. The zero-order chi connectivity index (χ0) is 13.6. The van der Waals surface area contributed by atoms with Crippen molar-refractivity contribution in [3.8, 4) is 6.07 Å². The molecule has 0 spiro atoms. The fourth-order valence-corrected chi connectivity index (χ4v) is 2.95. The van der Waals surface area contributed by atoms with E-state index in [4.69, 9.17) is 5.73 Å². The van der Waals surface area contributed by atoms with Crippen LogP contribution in [0.1, 0.15) is 38.7 Å². The molecule has 1 fully saturated rings. The van der Waals surface area contributed by atoms with Gasteiger partial charge in [0, 0.05) is 0 Å². The lowest BCUT2D eigenvalue weighted by atomic mass is 9.76. The topological polar surface area (TPSA) is 53.0 Å². The van der Waals surface area contributed by atoms with Gasteiger partial charge in [0.2, 0.25) is 0 Å². The van der Waals surface area contributed by atoms with E-state index in [1.165, 1.54) is 5.56 Å². The van der Waals surface area contributed by atoms with Gasteiger partial charge in [-0.15, -0.1) is 0 Å². The number of nitriles is 1. The van der Waals surface area contributed by atoms with Gasteiger partial charge in [-0.3, -0.25) is 0 Å². The molecule has 0 radical (unpaired) electrons. The minimum absolute atomic E-state index is 0. The Kier molecular flexibility index (Phi) is 6.70. The first-order valence-corrected chi connectivity index (χ1v) is 7.20. The highest BCUT2D eigenvalue weighted by Gasteiger charge is 2.34. The Bertz CT molecular complexity index is 424. The van der Waals surface area contributed by atoms with Crippen molar-refractivity contribution in [2.24, 2.45) is 5.73 Å². The Morgan fingerprint density at radius 1 is 1.20 bits per heavy atom. The molecule has 0 bridgehead atoms. The largest absolute Gasteiger partial charge is 0.330 e. The van der Waals surface area contributed by atoms with Gasteiger partial charge in [0.05, 0.1) is 11.5 Å². The van der Waals surface area contributed by atoms with Crippen molar-refractivity contribution in [3.05, 3.63) is 35.9 Å². The van der Waals surface area contributed by atoms with E-state index in [2.05, 4.69) is 23.1 Å². The van der Waals surface area contributed by atoms with Gasteiger partial charge in [0.25, 0.3) is 0 Å². The van der Waals surface area contributed by atoms with Crippen molar-refractivity contribution in [2.45, 2.75) is 38.5 Å². The molecule has 2 N–H and O–H groups in total. The molecule has 1 aromatic carbocycles. The van der Waals surface area contributed by atoms with Gasteiger partial charge in [-0.25, -0.2) is 0 Å². The fourth-order valence-electron chi connectivity index (χ4n) is 2.95. The summed E-state index contributed by atoms with van der Waals surface area (Å²) in [6.07, 6.45) is 4.03. The second-order valence-electron chi connectivity index (χ2n) is 5.40. The zero-order valence-corrected chi connectivity index (χ0v) is 11.5. The van der Waals surface area contributed by atoms with Crippen LogP contribution in [0.25, 0.3) is 0 Å². The molecule has 1 heterocycles. The summed E-state index contributed by atoms with van der Waals surface area (Å²) in [5.41, 5.74) is 6.46. The van der Waals surface area contributed by atoms with Gasteiger partial charge in [-0.1, -0.05) is 37.8 Å². The summed E-state index contributed by atoms with van der Waals surface area (Å²) in [5, 5.41) is 9.69. The average Bonchev–Trinajstić information content (AvgIpc) is 2.69. The Morgan fingerprint density at radius 3 is 2.60 bits per heavy atom. The Hall–Kier alpha value is -1.37. The van der Waals surface area contributed by atoms with Gasteiger partial charge in [0.1, 0.15) is 0 Å². The second-order valence-corrected chi connectivity index (χ2v) is 5.40. The molecule has 110 valence electrons. The number of nitrogens with zero attached hydrogens (tertiary/aromatic N) is 2. The lowest BCUT2D eigenvalue weighted by Crippen LogP contribution is -2.30. The third kappa shape index (κ3) is 3.82. The number of hydrogen-bond acceptors (Lipinski definition) is 3. The molecule has 0 aromatic heterocycles. The molecule has 1 aliphatic heterocycles. The third-order valence-corrected chi connectivity index (χ3v) is 4.15. The van der Waals surface area contributed by atoms with Crippen LogP contribution in [0.15, 0.2) is 30.3 Å². The molecule has 0 amide bonds. The summed E-state index contributed by atoms with van der Waals surface area (Å²) in [7, 11) is 0. The summed E-state index contributed by atoms with van der Waals surface area (Å²) in [4.78, 5) is 2.45. The van der Waals surface area contributed by atoms with Crippen molar-refractivity contribution in [1.82, 2.24) is 4.90 Å². The van der Waals surface area contributed by atoms with E-state index in [0.717, 1.165) is 51.9 Å². The normalized spacial score (nSPS) is 23.4. The molecule has 1 unspecified atom stereocenters. The number of benzene rings is 1. The predicted molar refractivity (Wildman–Crippen MR) is 84.4 cm³/mol. The summed E-state index contributed by atoms with van der Waals surface area (Å²) >= 11 is 0. The van der Waals surface area contributed by atoms with Gasteiger partial charge < -0.3 is 10.6 Å². The van der Waals surface area contributed by atoms with Gasteiger partial charge in [0.15, 0.2) is 0 Å². The van der Waals surface area contributed by atoms with Crippen molar-refractivity contribution in [3.63, 3.8) is 0 Å². The molecule has 3 heteroatoms. The third-order valence-electron chi connectivity index (χ3n) is 4.15. The van der Waals surface area contributed by atoms with Crippen LogP contribution in [0, 0.1) is 11.3 Å². The summed E-state index contributed by atoms with van der Waals surface area (Å²) in [5.74, 6) is 0. The standard InChI is InChI=1S/C16H23N3.CH4/c17-10-5-12-19-11-4-8-16(14-18,9-13-19)15-6-2-1-3-7-15;/h1-3,6-7H,4-5,8-13,17H2;1H4. The highest BCUT2D eigenvalue weighted by Crippen LogP contribution is 2.34. The van der Waals surface area contributed by atoms with Crippen LogP contribution in [0.3, 0.4) is 0 Å². The van der Waals surface area contributed by atoms with Crippen LogP contribution in [-0.2, 0) is 5.41 Å². The van der Waals surface area contributed by atoms with E-state index in [9.17, 15) is 5.26 Å². The van der Waals surface area contributed by atoms with Crippen LogP contribution < -0.4 is 5.73 Å². The van der Waals surface area contributed by atoms with Crippen molar-refractivity contribution < 1.29 is 0 Å². The second kappa shape index (κ2) is 8.04. The van der Waals surface area contributed by atoms with Gasteiger partial charge >= 0.3 is 0 Å².